The zero-order chi connectivity index (χ0) is 12.9. The first-order valence-electron chi connectivity index (χ1n) is 4.86. The predicted molar refractivity (Wildman–Crippen MR) is 54.4 cm³/mol. The standard InChI is InChI=1S/C9H19NO6/c1-5(12)10(2)3-6(13)8(15)9(16)7(14)4-11/h6-9,11,13-16H,3-4H2,1-2H3. The molecule has 0 spiro atoms. The van der Waals surface area contributed by atoms with Gasteiger partial charge in [-0.25, -0.2) is 0 Å². The summed E-state index contributed by atoms with van der Waals surface area (Å²) in [4.78, 5) is 12.0. The minimum absolute atomic E-state index is 0.175. The van der Waals surface area contributed by atoms with Crippen LogP contribution in [0.25, 0.3) is 0 Å². The number of aliphatic hydroxyl groups excluding tert-OH is 5. The number of nitrogens with zero attached hydrogens (tertiary/aromatic N) is 1. The van der Waals surface area contributed by atoms with Crippen LogP contribution in [0, 0.1) is 0 Å². The van der Waals surface area contributed by atoms with E-state index in [9.17, 15) is 20.1 Å². The molecule has 0 aromatic rings. The summed E-state index contributed by atoms with van der Waals surface area (Å²) in [6.45, 7) is 0.386. The van der Waals surface area contributed by atoms with Gasteiger partial charge in [-0.3, -0.25) is 4.79 Å². The van der Waals surface area contributed by atoms with Gasteiger partial charge < -0.3 is 30.4 Å². The Morgan fingerprint density at radius 3 is 1.94 bits per heavy atom. The normalized spacial score (nSPS) is 18.7. The highest BCUT2D eigenvalue weighted by atomic mass is 16.4. The summed E-state index contributed by atoms with van der Waals surface area (Å²) in [5.74, 6) is -0.302. The maximum Gasteiger partial charge on any atom is 0.219 e. The van der Waals surface area contributed by atoms with Crippen molar-refractivity contribution in [3.05, 3.63) is 0 Å². The SMILES string of the molecule is CC(=O)N(C)CC(O)C(O)C(O)C(O)CO. The highest BCUT2D eigenvalue weighted by Crippen LogP contribution is 2.06. The Morgan fingerprint density at radius 2 is 1.56 bits per heavy atom. The van der Waals surface area contributed by atoms with E-state index in [0.29, 0.717) is 0 Å². The van der Waals surface area contributed by atoms with Gasteiger partial charge in [-0.2, -0.15) is 0 Å². The summed E-state index contributed by atoms with van der Waals surface area (Å²) < 4.78 is 0. The van der Waals surface area contributed by atoms with Gasteiger partial charge in [0.15, 0.2) is 0 Å². The van der Waals surface area contributed by atoms with Crippen LogP contribution in [0.4, 0.5) is 0 Å². The molecule has 1 amide bonds. The molecule has 4 unspecified atom stereocenters. The molecule has 0 aliphatic carbocycles. The fourth-order valence-electron chi connectivity index (χ4n) is 1.08. The summed E-state index contributed by atoms with van der Waals surface area (Å²) in [5, 5.41) is 45.7. The van der Waals surface area contributed by atoms with E-state index in [0.717, 1.165) is 4.90 Å². The van der Waals surface area contributed by atoms with E-state index >= 15 is 0 Å². The second kappa shape index (κ2) is 6.77. The van der Waals surface area contributed by atoms with Crippen LogP contribution in [0.5, 0.6) is 0 Å². The van der Waals surface area contributed by atoms with E-state index in [4.69, 9.17) is 10.2 Å². The molecule has 0 saturated carbocycles. The van der Waals surface area contributed by atoms with E-state index in [1.165, 1.54) is 14.0 Å². The minimum atomic E-state index is -1.67. The maximum absolute atomic E-state index is 10.8. The highest BCUT2D eigenvalue weighted by Gasteiger charge is 2.30. The summed E-state index contributed by atoms with van der Waals surface area (Å²) in [6, 6.07) is 0. The van der Waals surface area contributed by atoms with Crippen molar-refractivity contribution in [3.8, 4) is 0 Å². The molecule has 0 aliphatic rings. The average molecular weight is 237 g/mol. The Balaban J connectivity index is 4.27. The Hall–Kier alpha value is -0.730. The molecule has 0 aliphatic heterocycles. The molecule has 0 heterocycles. The smallest absolute Gasteiger partial charge is 0.219 e. The third-order valence-electron chi connectivity index (χ3n) is 2.32. The lowest BCUT2D eigenvalue weighted by molar-refractivity contribution is -0.136. The molecule has 5 N–H and O–H groups in total. The first kappa shape index (κ1) is 15.3. The third-order valence-corrected chi connectivity index (χ3v) is 2.32. The van der Waals surface area contributed by atoms with Crippen molar-refractivity contribution in [2.75, 3.05) is 20.2 Å². The van der Waals surface area contributed by atoms with E-state index in [-0.39, 0.29) is 12.5 Å². The molecule has 0 rings (SSSR count). The molecule has 7 heteroatoms. The van der Waals surface area contributed by atoms with Crippen LogP contribution in [0.2, 0.25) is 0 Å². The van der Waals surface area contributed by atoms with Crippen LogP contribution in [0.3, 0.4) is 0 Å². The second-order valence-electron chi connectivity index (χ2n) is 3.70. The van der Waals surface area contributed by atoms with Crippen molar-refractivity contribution in [1.82, 2.24) is 4.90 Å². The van der Waals surface area contributed by atoms with E-state index in [1.54, 1.807) is 0 Å². The molecule has 0 aromatic carbocycles. The molecule has 7 nitrogen and oxygen atoms in total. The van der Waals surface area contributed by atoms with Gasteiger partial charge in [0, 0.05) is 20.5 Å². The van der Waals surface area contributed by atoms with Gasteiger partial charge in [-0.1, -0.05) is 0 Å². The fourth-order valence-corrected chi connectivity index (χ4v) is 1.08. The Morgan fingerprint density at radius 1 is 1.12 bits per heavy atom. The van der Waals surface area contributed by atoms with Gasteiger partial charge in [-0.15, -0.1) is 0 Å². The van der Waals surface area contributed by atoms with Crippen molar-refractivity contribution in [2.45, 2.75) is 31.3 Å². The molecular weight excluding hydrogens is 218 g/mol. The van der Waals surface area contributed by atoms with Crippen LogP contribution in [-0.2, 0) is 4.79 Å². The van der Waals surface area contributed by atoms with Crippen molar-refractivity contribution < 1.29 is 30.3 Å². The van der Waals surface area contributed by atoms with Gasteiger partial charge in [-0.05, 0) is 0 Å². The summed E-state index contributed by atoms with van der Waals surface area (Å²) >= 11 is 0. The first-order valence-corrected chi connectivity index (χ1v) is 4.86. The molecule has 96 valence electrons. The monoisotopic (exact) mass is 237 g/mol. The lowest BCUT2D eigenvalue weighted by Gasteiger charge is -2.28. The van der Waals surface area contributed by atoms with Crippen LogP contribution in [0.1, 0.15) is 6.92 Å². The summed E-state index contributed by atoms with van der Waals surface area (Å²) in [6.07, 6.45) is -6.23. The minimum Gasteiger partial charge on any atom is -0.394 e. The largest absolute Gasteiger partial charge is 0.394 e. The number of carbonyl (C=O) groups is 1. The first-order chi connectivity index (χ1) is 7.31. The predicted octanol–water partition coefficient (Wildman–Crippen LogP) is -3.10. The van der Waals surface area contributed by atoms with Gasteiger partial charge in [0.25, 0.3) is 0 Å². The molecule has 0 saturated heterocycles. The topological polar surface area (TPSA) is 121 Å². The highest BCUT2D eigenvalue weighted by molar-refractivity contribution is 5.72. The average Bonchev–Trinajstić information content (AvgIpc) is 2.25. The van der Waals surface area contributed by atoms with Gasteiger partial charge in [0.2, 0.25) is 5.91 Å². The number of carbonyl (C=O) groups excluding carboxylic acids is 1. The molecular formula is C9H19NO6. The molecule has 0 fully saturated rings. The van der Waals surface area contributed by atoms with Crippen molar-refractivity contribution in [1.29, 1.82) is 0 Å². The number of aliphatic hydroxyl groups is 5. The number of rotatable bonds is 6. The molecule has 16 heavy (non-hydrogen) atoms. The molecule has 0 aromatic heterocycles. The Bertz CT molecular complexity index is 224. The van der Waals surface area contributed by atoms with Crippen LogP contribution in [0.15, 0.2) is 0 Å². The Kier molecular flexibility index (Phi) is 6.46. The fraction of sp³-hybridized carbons (Fsp3) is 0.889. The van der Waals surface area contributed by atoms with E-state index in [2.05, 4.69) is 0 Å². The lowest BCUT2D eigenvalue weighted by Crippen LogP contribution is -2.49. The zero-order valence-electron chi connectivity index (χ0n) is 9.32. The molecule has 0 radical (unpaired) electrons. The van der Waals surface area contributed by atoms with Crippen molar-refractivity contribution in [3.63, 3.8) is 0 Å². The maximum atomic E-state index is 10.8. The third kappa shape index (κ3) is 4.42. The quantitative estimate of drug-likeness (QED) is 0.333. The van der Waals surface area contributed by atoms with Crippen molar-refractivity contribution >= 4 is 5.91 Å². The summed E-state index contributed by atoms with van der Waals surface area (Å²) in [5.41, 5.74) is 0. The zero-order valence-corrected chi connectivity index (χ0v) is 9.32. The van der Waals surface area contributed by atoms with E-state index in [1.807, 2.05) is 0 Å². The Labute approximate surface area is 93.6 Å². The number of hydrogen-bond donors (Lipinski definition) is 5. The number of hydrogen-bond acceptors (Lipinski definition) is 6. The van der Waals surface area contributed by atoms with Gasteiger partial charge in [0.05, 0.1) is 6.61 Å². The number of likely N-dealkylation sites (N-methyl/N-ethyl adjacent to an activating group) is 1. The van der Waals surface area contributed by atoms with Crippen molar-refractivity contribution in [2.24, 2.45) is 0 Å². The van der Waals surface area contributed by atoms with E-state index < -0.39 is 31.0 Å². The van der Waals surface area contributed by atoms with Crippen LogP contribution < -0.4 is 0 Å². The van der Waals surface area contributed by atoms with Gasteiger partial charge in [0.1, 0.15) is 24.4 Å². The second-order valence-corrected chi connectivity index (χ2v) is 3.70. The van der Waals surface area contributed by atoms with Crippen LogP contribution in [-0.4, -0.2) is 81.0 Å². The lowest BCUT2D eigenvalue weighted by atomic mass is 10.0. The number of amides is 1. The van der Waals surface area contributed by atoms with Crippen LogP contribution >= 0.6 is 0 Å². The van der Waals surface area contributed by atoms with Gasteiger partial charge >= 0.3 is 0 Å². The molecule has 4 atom stereocenters. The summed E-state index contributed by atoms with van der Waals surface area (Å²) in [7, 11) is 1.42. The molecule has 0 bridgehead atoms.